The standard InChI is InChI=1S/C13H11IO3/c1-2-3-6-16-13-8-11(15)10-7-9(14)4-5-12(10)17-13/h2,4-5,7-8H,1,3,6H2. The fourth-order valence-corrected chi connectivity index (χ4v) is 1.91. The third kappa shape index (κ3) is 2.88. The minimum Gasteiger partial charge on any atom is -0.465 e. The molecule has 0 aliphatic rings. The van der Waals surface area contributed by atoms with Crippen LogP contribution < -0.4 is 10.2 Å². The zero-order chi connectivity index (χ0) is 12.3. The minimum atomic E-state index is -0.0848. The van der Waals surface area contributed by atoms with Crippen molar-refractivity contribution >= 4 is 33.6 Å². The van der Waals surface area contributed by atoms with Crippen LogP contribution in [0.15, 0.2) is 46.1 Å². The van der Waals surface area contributed by atoms with E-state index in [0.717, 1.165) is 3.57 Å². The van der Waals surface area contributed by atoms with E-state index >= 15 is 0 Å². The van der Waals surface area contributed by atoms with Crippen LogP contribution >= 0.6 is 22.6 Å². The molecule has 0 unspecified atom stereocenters. The van der Waals surface area contributed by atoms with E-state index in [4.69, 9.17) is 9.15 Å². The Bertz CT molecular complexity index is 601. The molecule has 0 aliphatic heterocycles. The Kier molecular flexibility index (Phi) is 3.83. The Morgan fingerprint density at radius 2 is 2.24 bits per heavy atom. The van der Waals surface area contributed by atoms with Gasteiger partial charge in [0.25, 0.3) is 5.95 Å². The number of fused-ring (bicyclic) bond motifs is 1. The second kappa shape index (κ2) is 5.35. The zero-order valence-corrected chi connectivity index (χ0v) is 11.3. The average molecular weight is 342 g/mol. The third-order valence-electron chi connectivity index (χ3n) is 2.23. The van der Waals surface area contributed by atoms with E-state index in [1.54, 1.807) is 18.2 Å². The van der Waals surface area contributed by atoms with Crippen molar-refractivity contribution in [1.82, 2.24) is 0 Å². The van der Waals surface area contributed by atoms with Crippen LogP contribution in [0.1, 0.15) is 6.42 Å². The van der Waals surface area contributed by atoms with Crippen molar-refractivity contribution in [2.45, 2.75) is 6.42 Å². The molecule has 0 fully saturated rings. The SMILES string of the molecule is C=CCCOc1cc(=O)c2cc(I)ccc2o1. The van der Waals surface area contributed by atoms with Crippen molar-refractivity contribution in [1.29, 1.82) is 0 Å². The van der Waals surface area contributed by atoms with Gasteiger partial charge in [0.2, 0.25) is 0 Å². The quantitative estimate of drug-likeness (QED) is 0.486. The van der Waals surface area contributed by atoms with Gasteiger partial charge in [-0.25, -0.2) is 0 Å². The highest BCUT2D eigenvalue weighted by Crippen LogP contribution is 2.19. The molecule has 0 saturated carbocycles. The zero-order valence-electron chi connectivity index (χ0n) is 9.11. The molecular weight excluding hydrogens is 331 g/mol. The van der Waals surface area contributed by atoms with Gasteiger partial charge in [-0.2, -0.15) is 0 Å². The predicted octanol–water partition coefficient (Wildman–Crippen LogP) is 3.35. The molecule has 0 atom stereocenters. The molecule has 2 aromatic rings. The number of hydrogen-bond acceptors (Lipinski definition) is 3. The van der Waals surface area contributed by atoms with Crippen LogP contribution in [0.25, 0.3) is 11.0 Å². The van der Waals surface area contributed by atoms with Gasteiger partial charge in [-0.1, -0.05) is 6.08 Å². The van der Waals surface area contributed by atoms with Crippen LogP contribution in [0, 0.1) is 3.57 Å². The van der Waals surface area contributed by atoms with E-state index < -0.39 is 0 Å². The number of halogens is 1. The summed E-state index contributed by atoms with van der Waals surface area (Å²) in [6.07, 6.45) is 2.47. The average Bonchev–Trinajstić information content (AvgIpc) is 2.31. The van der Waals surface area contributed by atoms with Crippen LogP contribution in [0.2, 0.25) is 0 Å². The molecule has 3 nitrogen and oxygen atoms in total. The van der Waals surface area contributed by atoms with E-state index in [2.05, 4.69) is 29.2 Å². The van der Waals surface area contributed by atoms with Crippen LogP contribution in [0.3, 0.4) is 0 Å². The molecule has 4 heteroatoms. The fraction of sp³-hybridized carbons (Fsp3) is 0.154. The number of rotatable bonds is 4. The van der Waals surface area contributed by atoms with Crippen LogP contribution in [-0.4, -0.2) is 6.61 Å². The smallest absolute Gasteiger partial charge is 0.288 e. The molecule has 0 N–H and O–H groups in total. The lowest BCUT2D eigenvalue weighted by Crippen LogP contribution is -2.03. The highest BCUT2D eigenvalue weighted by atomic mass is 127. The van der Waals surface area contributed by atoms with Gasteiger partial charge in [-0.15, -0.1) is 6.58 Å². The van der Waals surface area contributed by atoms with Gasteiger partial charge in [0, 0.05) is 3.57 Å². The van der Waals surface area contributed by atoms with Crippen LogP contribution in [-0.2, 0) is 0 Å². The summed E-state index contributed by atoms with van der Waals surface area (Å²) in [4.78, 5) is 11.8. The topological polar surface area (TPSA) is 39.4 Å². The van der Waals surface area contributed by atoms with Crippen LogP contribution in [0.4, 0.5) is 0 Å². The maximum absolute atomic E-state index is 11.8. The fourth-order valence-electron chi connectivity index (χ4n) is 1.42. The third-order valence-corrected chi connectivity index (χ3v) is 2.90. The molecule has 0 spiro atoms. The van der Waals surface area contributed by atoms with Crippen molar-refractivity contribution in [2.75, 3.05) is 6.61 Å². The summed E-state index contributed by atoms with van der Waals surface area (Å²) in [5.41, 5.74) is 0.463. The van der Waals surface area contributed by atoms with Gasteiger partial charge in [-0.05, 0) is 47.2 Å². The predicted molar refractivity (Wildman–Crippen MR) is 75.5 cm³/mol. The molecular formula is C13H11IO3. The van der Waals surface area contributed by atoms with Gasteiger partial charge >= 0.3 is 0 Å². The monoisotopic (exact) mass is 342 g/mol. The van der Waals surface area contributed by atoms with Gasteiger partial charge < -0.3 is 9.15 Å². The highest BCUT2D eigenvalue weighted by Gasteiger charge is 2.05. The molecule has 17 heavy (non-hydrogen) atoms. The molecule has 0 bridgehead atoms. The summed E-state index contributed by atoms with van der Waals surface area (Å²) in [6.45, 7) is 4.06. The maximum atomic E-state index is 11.8. The highest BCUT2D eigenvalue weighted by molar-refractivity contribution is 14.1. The lowest BCUT2D eigenvalue weighted by Gasteiger charge is -2.04. The van der Waals surface area contributed by atoms with Crippen molar-refractivity contribution in [2.24, 2.45) is 0 Å². The minimum absolute atomic E-state index is 0.0848. The summed E-state index contributed by atoms with van der Waals surface area (Å²) >= 11 is 2.16. The van der Waals surface area contributed by atoms with E-state index in [1.807, 2.05) is 6.07 Å². The van der Waals surface area contributed by atoms with Crippen molar-refractivity contribution in [3.05, 3.63) is 50.7 Å². The summed E-state index contributed by atoms with van der Waals surface area (Å²) in [5, 5.41) is 0.577. The Morgan fingerprint density at radius 3 is 3.00 bits per heavy atom. The number of benzene rings is 1. The molecule has 0 radical (unpaired) electrons. The van der Waals surface area contributed by atoms with E-state index in [9.17, 15) is 4.79 Å². The lowest BCUT2D eigenvalue weighted by molar-refractivity contribution is 0.251. The van der Waals surface area contributed by atoms with Gasteiger partial charge in [0.15, 0.2) is 5.43 Å². The summed E-state index contributed by atoms with van der Waals surface area (Å²) in [7, 11) is 0. The molecule has 0 saturated heterocycles. The Hall–Kier alpha value is -1.30. The van der Waals surface area contributed by atoms with Crippen LogP contribution in [0.5, 0.6) is 5.95 Å². The van der Waals surface area contributed by atoms with E-state index in [-0.39, 0.29) is 11.4 Å². The first kappa shape index (κ1) is 12.2. The first-order valence-electron chi connectivity index (χ1n) is 5.18. The molecule has 1 heterocycles. The summed E-state index contributed by atoms with van der Waals surface area (Å²) in [6, 6.07) is 6.84. The first-order chi connectivity index (χ1) is 8.20. The molecule has 1 aromatic heterocycles. The Morgan fingerprint density at radius 1 is 1.41 bits per heavy atom. The van der Waals surface area contributed by atoms with E-state index in [1.165, 1.54) is 6.07 Å². The lowest BCUT2D eigenvalue weighted by atomic mass is 10.2. The molecule has 0 aliphatic carbocycles. The summed E-state index contributed by atoms with van der Waals surface area (Å²) in [5.74, 6) is 0.255. The Balaban J connectivity index is 2.38. The molecule has 1 aromatic carbocycles. The van der Waals surface area contributed by atoms with Crippen molar-refractivity contribution in [3.8, 4) is 5.95 Å². The summed E-state index contributed by atoms with van der Waals surface area (Å²) < 4.78 is 11.8. The Labute approximate surface area is 112 Å². The van der Waals surface area contributed by atoms with Gasteiger partial charge in [0.05, 0.1) is 18.1 Å². The molecule has 0 amide bonds. The second-order valence-electron chi connectivity index (χ2n) is 3.50. The van der Waals surface area contributed by atoms with Gasteiger partial charge in [0.1, 0.15) is 5.58 Å². The molecule has 2 rings (SSSR count). The van der Waals surface area contributed by atoms with Gasteiger partial charge in [-0.3, -0.25) is 4.79 Å². The van der Waals surface area contributed by atoms with Crippen molar-refractivity contribution in [3.63, 3.8) is 0 Å². The maximum Gasteiger partial charge on any atom is 0.288 e. The van der Waals surface area contributed by atoms with E-state index in [0.29, 0.717) is 24.0 Å². The molecule has 88 valence electrons. The normalized spacial score (nSPS) is 10.4. The van der Waals surface area contributed by atoms with Crippen molar-refractivity contribution < 1.29 is 9.15 Å². The first-order valence-corrected chi connectivity index (χ1v) is 6.25. The number of ether oxygens (including phenoxy) is 1. The second-order valence-corrected chi connectivity index (χ2v) is 4.74. The number of hydrogen-bond donors (Lipinski definition) is 0. The largest absolute Gasteiger partial charge is 0.465 e.